The van der Waals surface area contributed by atoms with E-state index in [9.17, 15) is 8.60 Å². The van der Waals surface area contributed by atoms with Crippen molar-refractivity contribution in [2.24, 2.45) is 0 Å². The third kappa shape index (κ3) is 3.76. The number of thiol groups is 1. The molecule has 1 aliphatic rings. The summed E-state index contributed by atoms with van der Waals surface area (Å²) in [6.45, 7) is 3.76. The van der Waals surface area contributed by atoms with Gasteiger partial charge in [-0.2, -0.15) is 0 Å². The van der Waals surface area contributed by atoms with Crippen LogP contribution < -0.4 is 15.8 Å². The molecule has 2 aromatic rings. The number of hydrogen-bond acceptors (Lipinski definition) is 3. The normalized spacial score (nSPS) is 18.0. The van der Waals surface area contributed by atoms with Gasteiger partial charge >= 0.3 is 0 Å². The van der Waals surface area contributed by atoms with E-state index >= 15 is 0 Å². The Balaban J connectivity index is 1.98. The summed E-state index contributed by atoms with van der Waals surface area (Å²) in [4.78, 5) is 0.552. The first-order valence-electron chi connectivity index (χ1n) is 8.53. The van der Waals surface area contributed by atoms with Gasteiger partial charge in [0.15, 0.2) is 0 Å². The smallest absolute Gasteiger partial charge is 0.146 e. The van der Waals surface area contributed by atoms with Crippen LogP contribution in [0.2, 0.25) is 0 Å². The maximum atomic E-state index is 13.5. The molecule has 25 heavy (non-hydrogen) atoms. The van der Waals surface area contributed by atoms with Crippen molar-refractivity contribution in [2.75, 3.05) is 25.1 Å². The van der Waals surface area contributed by atoms with Crippen molar-refractivity contribution < 1.29 is 8.60 Å². The van der Waals surface area contributed by atoms with Crippen LogP contribution in [0, 0.1) is 12.7 Å². The lowest BCUT2D eigenvalue weighted by atomic mass is 9.82. The molecule has 0 bridgehead atoms. The van der Waals surface area contributed by atoms with Crippen LogP contribution in [-0.4, -0.2) is 23.6 Å². The Morgan fingerprint density at radius 2 is 1.80 bits per heavy atom. The summed E-state index contributed by atoms with van der Waals surface area (Å²) in [5.74, 6) is -0.487. The molecule has 0 aromatic heterocycles. The molecule has 0 unspecified atom stereocenters. The number of nitrogens with two attached hydrogens (primary N) is 1. The van der Waals surface area contributed by atoms with E-state index in [0.29, 0.717) is 4.90 Å². The lowest BCUT2D eigenvalue weighted by molar-refractivity contribution is 0.290. The third-order valence-corrected chi connectivity index (χ3v) is 7.08. The van der Waals surface area contributed by atoms with E-state index in [1.54, 1.807) is 12.3 Å². The molecular formula is C19H26FN3OS. The molecular weight excluding hydrogens is 337 g/mol. The monoisotopic (exact) mass is 363 g/mol. The Morgan fingerprint density at radius 1 is 1.16 bits per heavy atom. The molecule has 6 heteroatoms. The average molecular weight is 364 g/mol. The highest BCUT2D eigenvalue weighted by Crippen LogP contribution is 2.34. The van der Waals surface area contributed by atoms with E-state index in [0.717, 1.165) is 31.5 Å². The van der Waals surface area contributed by atoms with Gasteiger partial charge in [0, 0.05) is 11.2 Å². The molecule has 0 aliphatic carbocycles. The van der Waals surface area contributed by atoms with Crippen LogP contribution in [0.25, 0.3) is 0 Å². The number of anilines is 1. The van der Waals surface area contributed by atoms with E-state index in [-0.39, 0.29) is 11.2 Å². The zero-order valence-corrected chi connectivity index (χ0v) is 15.6. The summed E-state index contributed by atoms with van der Waals surface area (Å²) >= 11 is 0. The molecule has 1 fully saturated rings. The highest BCUT2D eigenvalue weighted by Gasteiger charge is 2.37. The fourth-order valence-electron chi connectivity index (χ4n) is 3.46. The van der Waals surface area contributed by atoms with Crippen molar-refractivity contribution in [3.8, 4) is 0 Å². The van der Waals surface area contributed by atoms with Crippen molar-refractivity contribution in [2.45, 2.75) is 30.2 Å². The van der Waals surface area contributed by atoms with Gasteiger partial charge in [-0.3, -0.25) is 4.21 Å². The van der Waals surface area contributed by atoms with Gasteiger partial charge in [0.25, 0.3) is 0 Å². The largest absolute Gasteiger partial charge is 0.396 e. The van der Waals surface area contributed by atoms with Crippen molar-refractivity contribution >= 4 is 15.8 Å². The van der Waals surface area contributed by atoms with Gasteiger partial charge in [0.1, 0.15) is 5.82 Å². The number of piperidine rings is 1. The minimum absolute atomic E-state index is 0.0241. The average Bonchev–Trinajstić information content (AvgIpc) is 2.58. The Labute approximate surface area is 149 Å². The molecule has 1 saturated heterocycles. The number of aryl methyl sites for hydroxylation is 1. The fraction of sp³-hybridized carbons (Fsp3) is 0.368. The van der Waals surface area contributed by atoms with Crippen LogP contribution in [0.3, 0.4) is 0 Å². The number of rotatable bonds is 4. The minimum atomic E-state index is -2.93. The molecule has 0 atom stereocenters. The van der Waals surface area contributed by atoms with Crippen LogP contribution in [0.15, 0.2) is 47.4 Å². The lowest BCUT2D eigenvalue weighted by Crippen LogP contribution is -2.53. The van der Waals surface area contributed by atoms with Crippen LogP contribution in [-0.2, 0) is 15.7 Å². The summed E-state index contributed by atoms with van der Waals surface area (Å²) in [7, 11) is -2.93. The quantitative estimate of drug-likeness (QED) is 0.498. The van der Waals surface area contributed by atoms with Crippen LogP contribution in [0.4, 0.5) is 10.1 Å². The van der Waals surface area contributed by atoms with Gasteiger partial charge in [-0.15, -0.1) is 0 Å². The molecule has 2 aromatic carbocycles. The van der Waals surface area contributed by atoms with Crippen molar-refractivity contribution in [1.82, 2.24) is 10.0 Å². The Kier molecular flexibility index (Phi) is 4.95. The second kappa shape index (κ2) is 6.86. The molecule has 3 rings (SSSR count). The molecule has 0 saturated carbocycles. The van der Waals surface area contributed by atoms with Gasteiger partial charge in [-0.05, 0) is 66.7 Å². The number of benzene rings is 2. The molecule has 4 N–H and O–H groups in total. The molecule has 136 valence electrons. The summed E-state index contributed by atoms with van der Waals surface area (Å²) in [6, 6.07) is 12.7. The molecule has 4 nitrogen and oxygen atoms in total. The van der Waals surface area contributed by atoms with E-state index < -0.39 is 15.9 Å². The van der Waals surface area contributed by atoms with Gasteiger partial charge in [0.2, 0.25) is 0 Å². The van der Waals surface area contributed by atoms with Crippen molar-refractivity contribution in [1.29, 1.82) is 0 Å². The van der Waals surface area contributed by atoms with Crippen molar-refractivity contribution in [3.63, 3.8) is 0 Å². The predicted octanol–water partition coefficient (Wildman–Crippen LogP) is 2.51. The maximum absolute atomic E-state index is 13.5. The molecule has 1 heterocycles. The van der Waals surface area contributed by atoms with Crippen molar-refractivity contribution in [3.05, 3.63) is 59.4 Å². The zero-order chi connectivity index (χ0) is 18.1. The van der Waals surface area contributed by atoms with Crippen LogP contribution in [0.5, 0.6) is 0 Å². The summed E-state index contributed by atoms with van der Waals surface area (Å²) in [5.41, 5.74) is 7.66. The highest BCUT2D eigenvalue weighted by atomic mass is 32.3. The minimum Gasteiger partial charge on any atom is -0.396 e. The maximum Gasteiger partial charge on any atom is 0.146 e. The number of nitrogens with one attached hydrogen (secondary N) is 2. The molecule has 1 aliphatic heterocycles. The first kappa shape index (κ1) is 18.0. The Hall–Kier alpha value is -1.76. The third-order valence-electron chi connectivity index (χ3n) is 4.96. The Bertz CT molecular complexity index is 801. The van der Waals surface area contributed by atoms with Crippen LogP contribution >= 0.6 is 0 Å². The molecule has 0 amide bonds. The molecule has 0 spiro atoms. The van der Waals surface area contributed by atoms with E-state index in [4.69, 9.17) is 5.73 Å². The summed E-state index contributed by atoms with van der Waals surface area (Å²) in [5, 5.41) is 3.36. The van der Waals surface area contributed by atoms with Gasteiger partial charge in [0.05, 0.1) is 11.2 Å². The first-order valence-corrected chi connectivity index (χ1v) is 10.7. The predicted molar refractivity (Wildman–Crippen MR) is 103 cm³/mol. The standard InChI is InChI=1S/C19H26FN3OS/c1-14-3-5-15(6-4-14)19(9-11-22-12-10-19)23-25(2,24)16-7-8-17(20)18(21)13-16/h3-8,13,22,25H,9-12,21H2,1-2H3,(H,23,24). The van der Waals surface area contributed by atoms with Gasteiger partial charge in [-0.1, -0.05) is 29.8 Å². The number of hydrogen-bond donors (Lipinski definition) is 4. The fourth-order valence-corrected chi connectivity index (χ4v) is 5.50. The highest BCUT2D eigenvalue weighted by molar-refractivity contribution is 8.00. The second-order valence-corrected chi connectivity index (χ2v) is 9.53. The topological polar surface area (TPSA) is 67.2 Å². The lowest BCUT2D eigenvalue weighted by Gasteiger charge is -2.43. The summed E-state index contributed by atoms with van der Waals surface area (Å²) < 4.78 is 30.4. The second-order valence-electron chi connectivity index (χ2n) is 6.94. The van der Waals surface area contributed by atoms with Gasteiger partial charge < -0.3 is 11.1 Å². The van der Waals surface area contributed by atoms with E-state index in [2.05, 4.69) is 41.2 Å². The van der Waals surface area contributed by atoms with Gasteiger partial charge in [-0.25, -0.2) is 9.11 Å². The van der Waals surface area contributed by atoms with E-state index in [1.165, 1.54) is 17.7 Å². The van der Waals surface area contributed by atoms with Crippen LogP contribution in [0.1, 0.15) is 24.0 Å². The number of nitrogen functional groups attached to an aromatic ring is 1. The summed E-state index contributed by atoms with van der Waals surface area (Å²) in [6.07, 6.45) is 3.37. The Morgan fingerprint density at radius 3 is 2.40 bits per heavy atom. The zero-order valence-electron chi connectivity index (χ0n) is 14.7. The number of halogens is 1. The molecule has 0 radical (unpaired) electrons. The van der Waals surface area contributed by atoms with E-state index in [1.807, 2.05) is 0 Å². The first-order chi connectivity index (χ1) is 11.8. The SMILES string of the molecule is Cc1ccc(C2(N[SH](C)(=O)c3ccc(F)c(N)c3)CCNCC2)cc1.